The molecule has 1 aromatic rings. The highest BCUT2D eigenvalue weighted by molar-refractivity contribution is 7.98. The van der Waals surface area contributed by atoms with E-state index in [9.17, 15) is 29.1 Å². The zero-order valence-corrected chi connectivity index (χ0v) is 21.8. The van der Waals surface area contributed by atoms with Gasteiger partial charge in [0.15, 0.2) is 0 Å². The van der Waals surface area contributed by atoms with Crippen LogP contribution in [-0.2, 0) is 30.4 Å². The van der Waals surface area contributed by atoms with Gasteiger partial charge < -0.3 is 38.3 Å². The third kappa shape index (κ3) is 12.6. The number of thioether (sulfide) groups is 1. The third-order valence-electron chi connectivity index (χ3n) is 5.49. The molecule has 0 aliphatic carbocycles. The van der Waals surface area contributed by atoms with Gasteiger partial charge in [-0.05, 0) is 49.8 Å². The molecule has 1 aromatic carbocycles. The summed E-state index contributed by atoms with van der Waals surface area (Å²) >= 11 is 1.54. The molecular formula is C24H38N6O6S. The summed E-state index contributed by atoms with van der Waals surface area (Å²) in [5.74, 6) is -3.60. The zero-order chi connectivity index (χ0) is 27.8. The number of nitrogens with one attached hydrogen (secondary N) is 3. The molecule has 0 bridgehead atoms. The van der Waals surface area contributed by atoms with E-state index >= 15 is 0 Å². The van der Waals surface area contributed by atoms with Gasteiger partial charge in [0.1, 0.15) is 18.1 Å². The largest absolute Gasteiger partial charge is 0.480 e. The number of primary amides is 1. The van der Waals surface area contributed by atoms with Gasteiger partial charge >= 0.3 is 5.97 Å². The lowest BCUT2D eigenvalue weighted by atomic mass is 10.0. The summed E-state index contributed by atoms with van der Waals surface area (Å²) in [7, 11) is 0. The Morgan fingerprint density at radius 3 is 2.05 bits per heavy atom. The van der Waals surface area contributed by atoms with Crippen LogP contribution >= 0.6 is 11.8 Å². The number of aliphatic carboxylic acids is 1. The van der Waals surface area contributed by atoms with Crippen molar-refractivity contribution in [1.29, 1.82) is 0 Å². The average molecular weight is 539 g/mol. The molecular weight excluding hydrogens is 500 g/mol. The van der Waals surface area contributed by atoms with Gasteiger partial charge in [0.25, 0.3) is 0 Å². The van der Waals surface area contributed by atoms with E-state index in [2.05, 4.69) is 16.0 Å². The molecule has 206 valence electrons. The Bertz CT molecular complexity index is 903. The van der Waals surface area contributed by atoms with E-state index in [0.29, 0.717) is 37.1 Å². The van der Waals surface area contributed by atoms with Gasteiger partial charge in [-0.15, -0.1) is 0 Å². The fourth-order valence-corrected chi connectivity index (χ4v) is 3.91. The quantitative estimate of drug-likeness (QED) is 0.112. The minimum absolute atomic E-state index is 0.0397. The van der Waals surface area contributed by atoms with Crippen LogP contribution in [0.5, 0.6) is 0 Å². The SMILES string of the molecule is CSCCC(N)C(=O)NC(CCCCN)C(=O)NC(Cc1ccccc1)C(=O)NC(CC(N)=O)C(=O)O. The highest BCUT2D eigenvalue weighted by atomic mass is 32.2. The Morgan fingerprint density at radius 2 is 1.49 bits per heavy atom. The molecule has 0 radical (unpaired) electrons. The van der Waals surface area contributed by atoms with Gasteiger partial charge in [-0.3, -0.25) is 19.2 Å². The number of hydrogen-bond donors (Lipinski definition) is 7. The number of amides is 4. The van der Waals surface area contributed by atoms with Crippen LogP contribution in [0.15, 0.2) is 30.3 Å². The van der Waals surface area contributed by atoms with E-state index in [0.717, 1.165) is 0 Å². The standard InChI is InChI=1S/C24H38N6O6S/c1-37-12-10-16(26)21(32)28-17(9-5-6-11-25)22(33)29-18(13-15-7-3-2-4-8-15)23(34)30-19(24(35)36)14-20(27)31/h2-4,7-8,16-19H,5-6,9-14,25-26H2,1H3,(H2,27,31)(H,28,32)(H,29,33)(H,30,34)(H,35,36). The maximum absolute atomic E-state index is 13.2. The van der Waals surface area contributed by atoms with Crippen LogP contribution in [0.1, 0.15) is 37.7 Å². The summed E-state index contributed by atoms with van der Waals surface area (Å²) in [5, 5.41) is 16.9. The number of benzene rings is 1. The molecule has 0 fully saturated rings. The first-order chi connectivity index (χ1) is 17.6. The first-order valence-electron chi connectivity index (χ1n) is 12.0. The lowest BCUT2D eigenvalue weighted by molar-refractivity contribution is -0.143. The van der Waals surface area contributed by atoms with E-state index < -0.39 is 60.2 Å². The highest BCUT2D eigenvalue weighted by Crippen LogP contribution is 2.08. The number of rotatable bonds is 18. The topological polar surface area (TPSA) is 220 Å². The number of unbranched alkanes of at least 4 members (excludes halogenated alkanes) is 1. The number of carbonyl (C=O) groups excluding carboxylic acids is 4. The first kappa shape index (κ1) is 31.9. The molecule has 4 amide bonds. The molecule has 4 unspecified atom stereocenters. The predicted molar refractivity (Wildman–Crippen MR) is 141 cm³/mol. The van der Waals surface area contributed by atoms with Gasteiger partial charge in [-0.2, -0.15) is 11.8 Å². The second-order valence-corrected chi connectivity index (χ2v) is 9.54. The smallest absolute Gasteiger partial charge is 0.326 e. The average Bonchev–Trinajstić information content (AvgIpc) is 2.85. The molecule has 0 spiro atoms. The second-order valence-electron chi connectivity index (χ2n) is 8.55. The molecule has 1 rings (SSSR count). The van der Waals surface area contributed by atoms with Crippen LogP contribution in [0.2, 0.25) is 0 Å². The van der Waals surface area contributed by atoms with Crippen LogP contribution in [-0.4, -0.2) is 77.4 Å². The molecule has 0 heterocycles. The van der Waals surface area contributed by atoms with Crippen molar-refractivity contribution in [3.8, 4) is 0 Å². The number of hydrogen-bond acceptors (Lipinski definition) is 8. The molecule has 10 N–H and O–H groups in total. The van der Waals surface area contributed by atoms with Crippen molar-refractivity contribution in [2.24, 2.45) is 17.2 Å². The second kappa shape index (κ2) is 17.3. The Kier molecular flexibility index (Phi) is 14.9. The van der Waals surface area contributed by atoms with E-state index in [4.69, 9.17) is 17.2 Å². The Morgan fingerprint density at radius 1 is 0.892 bits per heavy atom. The molecule has 0 saturated heterocycles. The van der Waals surface area contributed by atoms with Gasteiger partial charge in [-0.25, -0.2) is 4.79 Å². The van der Waals surface area contributed by atoms with Gasteiger partial charge in [0.05, 0.1) is 12.5 Å². The third-order valence-corrected chi connectivity index (χ3v) is 6.13. The van der Waals surface area contributed by atoms with Crippen LogP contribution in [0, 0.1) is 0 Å². The first-order valence-corrected chi connectivity index (χ1v) is 13.4. The van der Waals surface area contributed by atoms with Crippen molar-refractivity contribution in [3.05, 3.63) is 35.9 Å². The van der Waals surface area contributed by atoms with E-state index in [1.807, 2.05) is 6.26 Å². The molecule has 0 aromatic heterocycles. The summed E-state index contributed by atoms with van der Waals surface area (Å²) < 4.78 is 0. The van der Waals surface area contributed by atoms with Crippen molar-refractivity contribution in [2.75, 3.05) is 18.6 Å². The number of carboxylic acid groups (broad SMARTS) is 1. The summed E-state index contributed by atoms with van der Waals surface area (Å²) in [4.78, 5) is 61.6. The summed E-state index contributed by atoms with van der Waals surface area (Å²) in [6, 6.07) is 4.26. The molecule has 37 heavy (non-hydrogen) atoms. The van der Waals surface area contributed by atoms with Crippen molar-refractivity contribution in [2.45, 2.75) is 62.7 Å². The van der Waals surface area contributed by atoms with Crippen LogP contribution in [0.4, 0.5) is 0 Å². The predicted octanol–water partition coefficient (Wildman–Crippen LogP) is -1.15. The number of carbonyl (C=O) groups is 5. The van der Waals surface area contributed by atoms with E-state index in [1.54, 1.807) is 42.1 Å². The summed E-state index contributed by atoms with van der Waals surface area (Å²) in [6.07, 6.45) is 3.19. The minimum atomic E-state index is -1.56. The monoisotopic (exact) mass is 538 g/mol. The van der Waals surface area contributed by atoms with Crippen molar-refractivity contribution >= 4 is 41.4 Å². The minimum Gasteiger partial charge on any atom is -0.480 e. The van der Waals surface area contributed by atoms with Crippen molar-refractivity contribution in [3.63, 3.8) is 0 Å². The summed E-state index contributed by atoms with van der Waals surface area (Å²) in [6.45, 7) is 0.408. The van der Waals surface area contributed by atoms with Gasteiger partial charge in [-0.1, -0.05) is 30.3 Å². The highest BCUT2D eigenvalue weighted by Gasteiger charge is 2.31. The number of carboxylic acids is 1. The summed E-state index contributed by atoms with van der Waals surface area (Å²) in [5.41, 5.74) is 17.3. The fourth-order valence-electron chi connectivity index (χ4n) is 3.42. The van der Waals surface area contributed by atoms with Gasteiger partial charge in [0, 0.05) is 6.42 Å². The maximum Gasteiger partial charge on any atom is 0.326 e. The molecule has 4 atom stereocenters. The zero-order valence-electron chi connectivity index (χ0n) is 21.0. The maximum atomic E-state index is 13.2. The Labute approximate surface area is 220 Å². The molecule has 12 nitrogen and oxygen atoms in total. The van der Waals surface area contributed by atoms with Crippen LogP contribution < -0.4 is 33.2 Å². The normalized spacial score (nSPS) is 14.0. The van der Waals surface area contributed by atoms with E-state index in [1.165, 1.54) is 0 Å². The van der Waals surface area contributed by atoms with Crippen molar-refractivity contribution < 1.29 is 29.1 Å². The molecule has 0 aliphatic heterocycles. The van der Waals surface area contributed by atoms with E-state index in [-0.39, 0.29) is 12.8 Å². The lowest BCUT2D eigenvalue weighted by Gasteiger charge is -2.25. The molecule has 0 aliphatic rings. The lowest BCUT2D eigenvalue weighted by Crippen LogP contribution is -2.58. The number of nitrogens with two attached hydrogens (primary N) is 3. The van der Waals surface area contributed by atoms with Crippen LogP contribution in [0.25, 0.3) is 0 Å². The Balaban J connectivity index is 3.10. The van der Waals surface area contributed by atoms with Gasteiger partial charge in [0.2, 0.25) is 23.6 Å². The Hall–Kier alpha value is -3.16. The van der Waals surface area contributed by atoms with Crippen LogP contribution in [0.3, 0.4) is 0 Å². The molecule has 13 heteroatoms. The molecule has 0 saturated carbocycles. The van der Waals surface area contributed by atoms with Crippen molar-refractivity contribution in [1.82, 2.24) is 16.0 Å². The fraction of sp³-hybridized carbons (Fsp3) is 0.542.